The van der Waals surface area contributed by atoms with Gasteiger partial charge in [-0.15, -0.1) is 0 Å². The third kappa shape index (κ3) is 5.72. The van der Waals surface area contributed by atoms with Crippen LogP contribution < -0.4 is 20.3 Å². The van der Waals surface area contributed by atoms with Crippen molar-refractivity contribution in [2.24, 2.45) is 11.3 Å². The maximum Gasteiger partial charge on any atom is 0.246 e. The van der Waals surface area contributed by atoms with E-state index in [0.717, 1.165) is 12.1 Å². The normalized spacial score (nSPS) is 22.7. The van der Waals surface area contributed by atoms with Crippen molar-refractivity contribution >= 4 is 17.8 Å². The molecule has 3 heterocycles. The highest BCUT2D eigenvalue weighted by Crippen LogP contribution is 2.39. The number of hydrogen-bond donors (Lipinski definition) is 2. The number of nitrogens with zero attached hydrogens (tertiary/aromatic N) is 4. The lowest BCUT2D eigenvalue weighted by Gasteiger charge is -2.37. The summed E-state index contributed by atoms with van der Waals surface area (Å²) >= 11 is 0. The average Bonchev–Trinajstić information content (AvgIpc) is 3.48. The number of likely N-dealkylation sites (tertiary alicyclic amines) is 1. The number of anilines is 1. The van der Waals surface area contributed by atoms with Gasteiger partial charge < -0.3 is 25.2 Å². The number of likely N-dealkylation sites (N-methyl/N-ethyl adjacent to an activating group) is 1. The minimum absolute atomic E-state index is 0.0487. The van der Waals surface area contributed by atoms with Gasteiger partial charge in [0, 0.05) is 37.5 Å². The summed E-state index contributed by atoms with van der Waals surface area (Å²) in [5, 5.41) is 5.87. The number of fused-ring (bicyclic) bond motifs is 1. The Morgan fingerprint density at radius 3 is 2.53 bits per heavy atom. The number of aromatic nitrogens is 2. The van der Waals surface area contributed by atoms with Gasteiger partial charge in [0.2, 0.25) is 17.8 Å². The molecule has 5 atom stereocenters. The lowest BCUT2D eigenvalue weighted by Crippen LogP contribution is -2.59. The first-order valence-corrected chi connectivity index (χ1v) is 12.9. The van der Waals surface area contributed by atoms with Crippen molar-refractivity contribution in [1.82, 2.24) is 25.5 Å². The van der Waals surface area contributed by atoms with E-state index >= 15 is 0 Å². The second-order valence-corrected chi connectivity index (χ2v) is 11.0. The van der Waals surface area contributed by atoms with E-state index in [-0.39, 0.29) is 42.2 Å². The lowest BCUT2D eigenvalue weighted by atomic mass is 9.85. The fourth-order valence-electron chi connectivity index (χ4n) is 5.26. The average molecular weight is 531 g/mol. The van der Waals surface area contributed by atoms with E-state index in [9.17, 15) is 18.4 Å². The maximum absolute atomic E-state index is 14.0. The number of nitrogens with one attached hydrogen (secondary N) is 2. The van der Waals surface area contributed by atoms with Gasteiger partial charge in [-0.1, -0.05) is 20.8 Å². The molecule has 2 fully saturated rings. The van der Waals surface area contributed by atoms with Crippen molar-refractivity contribution in [3.05, 3.63) is 48.3 Å². The van der Waals surface area contributed by atoms with Gasteiger partial charge in [-0.3, -0.25) is 9.59 Å². The number of halogens is 2. The molecule has 2 saturated heterocycles. The highest BCUT2D eigenvalue weighted by molar-refractivity contribution is 5.90. The number of benzene rings is 1. The van der Waals surface area contributed by atoms with Crippen molar-refractivity contribution in [2.45, 2.75) is 58.3 Å². The van der Waals surface area contributed by atoms with Gasteiger partial charge in [0.1, 0.15) is 11.8 Å². The highest BCUT2D eigenvalue weighted by Gasteiger charge is 2.53. The molecular formula is C27H36F2N6O3. The van der Waals surface area contributed by atoms with Crippen LogP contribution >= 0.6 is 0 Å². The molecule has 11 heteroatoms. The molecule has 38 heavy (non-hydrogen) atoms. The zero-order chi connectivity index (χ0) is 27.6. The number of amides is 2. The van der Waals surface area contributed by atoms with Crippen LogP contribution in [0.2, 0.25) is 0 Å². The summed E-state index contributed by atoms with van der Waals surface area (Å²) < 4.78 is 33.1. The first kappa shape index (κ1) is 27.7. The number of ether oxygens (including phenoxy) is 1. The van der Waals surface area contributed by atoms with Crippen molar-refractivity contribution in [2.75, 3.05) is 31.6 Å². The van der Waals surface area contributed by atoms with Crippen LogP contribution in [0.1, 0.15) is 34.1 Å². The topological polar surface area (TPSA) is 99.7 Å². The van der Waals surface area contributed by atoms with Crippen LogP contribution in [0.5, 0.6) is 5.75 Å². The van der Waals surface area contributed by atoms with E-state index in [1.165, 1.54) is 6.07 Å². The van der Waals surface area contributed by atoms with E-state index in [0.29, 0.717) is 25.5 Å². The van der Waals surface area contributed by atoms with Crippen molar-refractivity contribution < 1.29 is 23.1 Å². The monoisotopic (exact) mass is 530 g/mol. The molecule has 2 aliphatic heterocycles. The fraction of sp³-hybridized carbons (Fsp3) is 0.556. The van der Waals surface area contributed by atoms with E-state index in [4.69, 9.17) is 4.74 Å². The predicted octanol–water partition coefficient (Wildman–Crippen LogP) is 2.38. The summed E-state index contributed by atoms with van der Waals surface area (Å²) in [6.07, 6.45) is 4.05. The zero-order valence-corrected chi connectivity index (χ0v) is 22.4. The van der Waals surface area contributed by atoms with Gasteiger partial charge in [-0.2, -0.15) is 0 Å². The minimum Gasteiger partial charge on any atom is -0.493 e. The molecule has 2 amide bonds. The maximum atomic E-state index is 14.0. The van der Waals surface area contributed by atoms with E-state index < -0.39 is 29.1 Å². The predicted molar refractivity (Wildman–Crippen MR) is 139 cm³/mol. The number of carbonyl (C=O) groups is 2. The van der Waals surface area contributed by atoms with Crippen molar-refractivity contribution in [3.8, 4) is 5.75 Å². The van der Waals surface area contributed by atoms with Gasteiger partial charge in [0.15, 0.2) is 11.6 Å². The van der Waals surface area contributed by atoms with Gasteiger partial charge in [-0.25, -0.2) is 18.7 Å². The molecule has 2 aliphatic rings. The smallest absolute Gasteiger partial charge is 0.246 e. The number of rotatable bonds is 8. The van der Waals surface area contributed by atoms with Crippen LogP contribution in [0.15, 0.2) is 36.7 Å². The molecule has 1 aromatic heterocycles. The summed E-state index contributed by atoms with van der Waals surface area (Å²) in [6, 6.07) is 3.70. The molecule has 206 valence electrons. The quantitative estimate of drug-likeness (QED) is 0.541. The molecule has 2 aromatic rings. The number of carbonyl (C=O) groups excluding carboxylic acids is 2. The molecule has 9 nitrogen and oxygen atoms in total. The Labute approximate surface area is 222 Å². The molecule has 5 unspecified atom stereocenters. The van der Waals surface area contributed by atoms with E-state index in [1.54, 1.807) is 32.4 Å². The van der Waals surface area contributed by atoms with Gasteiger partial charge in [0.25, 0.3) is 0 Å². The van der Waals surface area contributed by atoms with Gasteiger partial charge in [-0.05, 0) is 44.0 Å². The molecule has 0 bridgehead atoms. The molecular weight excluding hydrogens is 494 g/mol. The van der Waals surface area contributed by atoms with E-state index in [1.807, 2.05) is 25.7 Å². The van der Waals surface area contributed by atoms with Gasteiger partial charge >= 0.3 is 0 Å². The van der Waals surface area contributed by atoms with Crippen LogP contribution in [0.25, 0.3) is 0 Å². The molecule has 1 aromatic carbocycles. The van der Waals surface area contributed by atoms with Crippen LogP contribution in [-0.4, -0.2) is 77.6 Å². The Kier molecular flexibility index (Phi) is 8.15. The summed E-state index contributed by atoms with van der Waals surface area (Å²) in [5.74, 6) is -1.71. The Morgan fingerprint density at radius 2 is 1.89 bits per heavy atom. The second kappa shape index (κ2) is 11.2. The third-order valence-corrected chi connectivity index (χ3v) is 7.41. The Hall–Kier alpha value is -3.34. The van der Waals surface area contributed by atoms with Crippen LogP contribution in [0.4, 0.5) is 14.7 Å². The third-order valence-electron chi connectivity index (χ3n) is 7.41. The molecule has 0 saturated carbocycles. The molecule has 4 rings (SSSR count). The minimum atomic E-state index is -0.983. The SMILES string of the molecule is CNC(C)C(=O)NC(C(=O)N1CCC2C1C(COc1ccc(F)c(F)c1)CN2c1ncccn1)C(C)(C)C. The summed E-state index contributed by atoms with van der Waals surface area (Å²) in [6.45, 7) is 8.73. The van der Waals surface area contributed by atoms with Crippen LogP contribution in [0.3, 0.4) is 0 Å². The zero-order valence-electron chi connectivity index (χ0n) is 22.4. The summed E-state index contributed by atoms with van der Waals surface area (Å²) in [5.41, 5.74) is -0.531. The van der Waals surface area contributed by atoms with Crippen molar-refractivity contribution in [1.29, 1.82) is 0 Å². The standard InChI is InChI=1S/C27H36F2N6O3/c1-16(30-5)24(36)33-23(27(2,3)4)25(37)34-12-9-21-22(34)17(14-35(21)26-31-10-6-11-32-26)15-38-18-7-8-19(28)20(29)13-18/h6-8,10-11,13,16-17,21-23,30H,9,12,14-15H2,1-5H3,(H,33,36). The Bertz CT molecular complexity index is 1150. The molecule has 0 radical (unpaired) electrons. The first-order chi connectivity index (χ1) is 18.0. The van der Waals surface area contributed by atoms with Crippen molar-refractivity contribution in [3.63, 3.8) is 0 Å². The van der Waals surface area contributed by atoms with Crippen LogP contribution in [-0.2, 0) is 9.59 Å². The Balaban J connectivity index is 1.60. The van der Waals surface area contributed by atoms with E-state index in [2.05, 4.69) is 25.5 Å². The molecule has 2 N–H and O–H groups in total. The Morgan fingerprint density at radius 1 is 1.18 bits per heavy atom. The fourth-order valence-corrected chi connectivity index (χ4v) is 5.26. The lowest BCUT2D eigenvalue weighted by molar-refractivity contribution is -0.141. The summed E-state index contributed by atoms with van der Waals surface area (Å²) in [7, 11) is 1.69. The summed E-state index contributed by atoms with van der Waals surface area (Å²) in [4.78, 5) is 39.6. The molecule has 0 spiro atoms. The largest absolute Gasteiger partial charge is 0.493 e. The van der Waals surface area contributed by atoms with Gasteiger partial charge in [0.05, 0.1) is 24.7 Å². The second-order valence-electron chi connectivity index (χ2n) is 11.0. The molecule has 0 aliphatic carbocycles. The number of hydrogen-bond acceptors (Lipinski definition) is 7. The van der Waals surface area contributed by atoms with Crippen LogP contribution in [0, 0.1) is 23.0 Å². The highest BCUT2D eigenvalue weighted by atomic mass is 19.2. The first-order valence-electron chi connectivity index (χ1n) is 12.9.